The summed E-state index contributed by atoms with van der Waals surface area (Å²) in [5.41, 5.74) is 5.29. The van der Waals surface area contributed by atoms with Crippen LogP contribution in [-0.2, 0) is 30.2 Å². The number of carbonyl (C=O) groups is 1. The molecule has 0 aliphatic carbocycles. The van der Waals surface area contributed by atoms with Crippen molar-refractivity contribution in [2.24, 2.45) is 7.05 Å². The average molecular weight is 387 g/mol. The van der Waals surface area contributed by atoms with Crippen molar-refractivity contribution in [3.63, 3.8) is 0 Å². The van der Waals surface area contributed by atoms with Crippen molar-refractivity contribution in [2.45, 2.75) is 25.3 Å². The molecule has 1 unspecified atom stereocenters. The summed E-state index contributed by atoms with van der Waals surface area (Å²) in [5, 5.41) is 4.44. The zero-order chi connectivity index (χ0) is 19.8. The van der Waals surface area contributed by atoms with E-state index in [1.165, 1.54) is 0 Å². The van der Waals surface area contributed by atoms with E-state index in [-0.39, 0.29) is 5.91 Å². The van der Waals surface area contributed by atoms with Crippen LogP contribution in [-0.4, -0.2) is 28.9 Å². The number of hydrogen-bond donors (Lipinski definition) is 0. The molecule has 29 heavy (non-hydrogen) atoms. The lowest BCUT2D eigenvalue weighted by atomic mass is 9.76. The molecule has 6 nitrogen and oxygen atoms in total. The van der Waals surface area contributed by atoms with Crippen molar-refractivity contribution in [1.82, 2.24) is 9.78 Å². The van der Waals surface area contributed by atoms with Gasteiger partial charge in [0.15, 0.2) is 0 Å². The van der Waals surface area contributed by atoms with Gasteiger partial charge in [0.25, 0.3) is 0 Å². The number of fused-ring (bicyclic) bond motifs is 5. The minimum absolute atomic E-state index is 0.0690. The van der Waals surface area contributed by atoms with Gasteiger partial charge in [0.1, 0.15) is 23.5 Å². The fourth-order valence-corrected chi connectivity index (χ4v) is 4.98. The average Bonchev–Trinajstić information content (AvgIpc) is 3.44. The van der Waals surface area contributed by atoms with Crippen LogP contribution in [0, 0.1) is 6.92 Å². The van der Waals surface area contributed by atoms with Gasteiger partial charge in [-0.1, -0.05) is 18.2 Å². The van der Waals surface area contributed by atoms with Crippen LogP contribution in [0.1, 0.15) is 27.9 Å². The molecule has 0 radical (unpaired) electrons. The lowest BCUT2D eigenvalue weighted by Gasteiger charge is -2.23. The molecule has 0 saturated carbocycles. The van der Waals surface area contributed by atoms with Crippen LogP contribution >= 0.6 is 0 Å². The van der Waals surface area contributed by atoms with Gasteiger partial charge in [-0.2, -0.15) is 5.10 Å². The summed E-state index contributed by atoms with van der Waals surface area (Å²) in [4.78, 5) is 15.8. The fourth-order valence-electron chi connectivity index (χ4n) is 4.98. The first-order valence-electron chi connectivity index (χ1n) is 9.91. The van der Waals surface area contributed by atoms with E-state index in [1.54, 1.807) is 4.68 Å². The Hall–Kier alpha value is -3.28. The minimum atomic E-state index is -0.792. The van der Waals surface area contributed by atoms with E-state index >= 15 is 0 Å². The molecule has 6 heteroatoms. The Morgan fingerprint density at radius 1 is 1.14 bits per heavy atom. The molecule has 3 aromatic rings. The zero-order valence-corrected chi connectivity index (χ0v) is 16.4. The maximum Gasteiger partial charge on any atom is 0.246 e. The second-order valence-corrected chi connectivity index (χ2v) is 8.07. The van der Waals surface area contributed by atoms with Crippen LogP contribution in [0.15, 0.2) is 42.6 Å². The van der Waals surface area contributed by atoms with Gasteiger partial charge in [0.2, 0.25) is 5.91 Å². The van der Waals surface area contributed by atoms with E-state index in [4.69, 9.17) is 9.47 Å². The molecule has 3 aliphatic heterocycles. The summed E-state index contributed by atoms with van der Waals surface area (Å²) >= 11 is 0. The molecule has 0 fully saturated rings. The lowest BCUT2D eigenvalue weighted by molar-refractivity contribution is -0.122. The third-order valence-corrected chi connectivity index (χ3v) is 6.40. The quantitative estimate of drug-likeness (QED) is 0.679. The molecule has 2 aromatic carbocycles. The molecule has 1 aromatic heterocycles. The number of para-hydroxylation sites is 1. The molecule has 3 aliphatic rings. The molecule has 146 valence electrons. The largest absolute Gasteiger partial charge is 0.493 e. The third kappa shape index (κ3) is 2.11. The monoisotopic (exact) mass is 387 g/mol. The molecule has 0 N–H and O–H groups in total. The van der Waals surface area contributed by atoms with Crippen molar-refractivity contribution < 1.29 is 14.3 Å². The summed E-state index contributed by atoms with van der Waals surface area (Å²) in [6.45, 7) is 3.49. The zero-order valence-electron chi connectivity index (χ0n) is 16.4. The van der Waals surface area contributed by atoms with Crippen LogP contribution in [0.25, 0.3) is 0 Å². The Labute approximate surface area is 168 Å². The number of ether oxygens (including phenoxy) is 2. The number of rotatable bonds is 2. The Kier molecular flexibility index (Phi) is 3.23. The number of carbonyl (C=O) groups excluding carboxylic acids is 1. The van der Waals surface area contributed by atoms with Crippen LogP contribution in [0.3, 0.4) is 0 Å². The maximum atomic E-state index is 14.0. The van der Waals surface area contributed by atoms with E-state index in [1.807, 2.05) is 49.3 Å². The smallest absolute Gasteiger partial charge is 0.246 e. The molecule has 6 rings (SSSR count). The second-order valence-electron chi connectivity index (χ2n) is 8.07. The number of aromatic nitrogens is 2. The van der Waals surface area contributed by atoms with Gasteiger partial charge in [0, 0.05) is 42.5 Å². The van der Waals surface area contributed by atoms with Gasteiger partial charge in [-0.25, -0.2) is 0 Å². The number of benzene rings is 2. The molecule has 1 atom stereocenters. The normalized spacial score (nSPS) is 21.2. The summed E-state index contributed by atoms with van der Waals surface area (Å²) < 4.78 is 13.6. The molecule has 4 heterocycles. The molecule has 1 amide bonds. The number of aryl methyl sites for hydroxylation is 2. The SMILES string of the molecule is Cc1nn(C)cc1CN1C(=O)C2(COc3cc4c(cc32)CCO4)c2ccccc21. The van der Waals surface area contributed by atoms with Crippen molar-refractivity contribution in [3.05, 3.63) is 70.5 Å². The van der Waals surface area contributed by atoms with Crippen LogP contribution in [0.2, 0.25) is 0 Å². The van der Waals surface area contributed by atoms with E-state index in [0.717, 1.165) is 51.6 Å². The van der Waals surface area contributed by atoms with Crippen LogP contribution in [0.5, 0.6) is 11.5 Å². The molecular weight excluding hydrogens is 366 g/mol. The predicted octanol–water partition coefficient (Wildman–Crippen LogP) is 2.89. The molecule has 0 saturated heterocycles. The van der Waals surface area contributed by atoms with Crippen molar-refractivity contribution >= 4 is 11.6 Å². The standard InChI is InChI=1S/C23H21N3O3/c1-14-16(11-25(2)24-14)12-26-19-6-4-3-5-17(19)23(22(26)27)13-29-21-10-20-15(7-8-28-20)9-18(21)23/h3-6,9-11H,7-8,12-13H2,1-2H3. The predicted molar refractivity (Wildman–Crippen MR) is 107 cm³/mol. The third-order valence-electron chi connectivity index (χ3n) is 6.40. The Morgan fingerprint density at radius 2 is 2.00 bits per heavy atom. The molecule has 1 spiro atoms. The number of anilines is 1. The van der Waals surface area contributed by atoms with Crippen molar-refractivity contribution in [1.29, 1.82) is 0 Å². The van der Waals surface area contributed by atoms with E-state index in [9.17, 15) is 4.79 Å². The summed E-state index contributed by atoms with van der Waals surface area (Å²) in [7, 11) is 1.90. The topological polar surface area (TPSA) is 56.6 Å². The highest BCUT2D eigenvalue weighted by Crippen LogP contribution is 2.54. The maximum absolute atomic E-state index is 14.0. The number of hydrogen-bond acceptors (Lipinski definition) is 4. The number of amides is 1. The summed E-state index contributed by atoms with van der Waals surface area (Å²) in [6.07, 6.45) is 2.85. The van der Waals surface area contributed by atoms with Gasteiger partial charge in [0.05, 0.1) is 18.8 Å². The van der Waals surface area contributed by atoms with Gasteiger partial charge in [-0.3, -0.25) is 9.48 Å². The van der Waals surface area contributed by atoms with E-state index in [0.29, 0.717) is 19.8 Å². The van der Waals surface area contributed by atoms with Crippen LogP contribution in [0.4, 0.5) is 5.69 Å². The van der Waals surface area contributed by atoms with Crippen molar-refractivity contribution in [3.8, 4) is 11.5 Å². The minimum Gasteiger partial charge on any atom is -0.493 e. The highest BCUT2D eigenvalue weighted by molar-refractivity contribution is 6.11. The lowest BCUT2D eigenvalue weighted by Crippen LogP contribution is -2.42. The van der Waals surface area contributed by atoms with E-state index < -0.39 is 5.41 Å². The second kappa shape index (κ2) is 5.63. The van der Waals surface area contributed by atoms with Gasteiger partial charge in [-0.05, 0) is 30.2 Å². The fraction of sp³-hybridized carbons (Fsp3) is 0.304. The first-order valence-corrected chi connectivity index (χ1v) is 9.91. The number of nitrogens with zero attached hydrogens (tertiary/aromatic N) is 3. The van der Waals surface area contributed by atoms with E-state index in [2.05, 4.69) is 17.2 Å². The molecular formula is C23H21N3O3. The first-order chi connectivity index (χ1) is 14.1. The van der Waals surface area contributed by atoms with Crippen LogP contribution < -0.4 is 14.4 Å². The highest BCUT2D eigenvalue weighted by atomic mass is 16.5. The summed E-state index contributed by atoms with van der Waals surface area (Å²) in [6, 6.07) is 12.2. The van der Waals surface area contributed by atoms with Gasteiger partial charge in [-0.15, -0.1) is 0 Å². The van der Waals surface area contributed by atoms with Gasteiger partial charge >= 0.3 is 0 Å². The summed E-state index contributed by atoms with van der Waals surface area (Å²) in [5.74, 6) is 1.70. The highest BCUT2D eigenvalue weighted by Gasteiger charge is 2.57. The Balaban J connectivity index is 1.51. The Morgan fingerprint density at radius 3 is 2.83 bits per heavy atom. The first kappa shape index (κ1) is 16.7. The molecule has 0 bridgehead atoms. The van der Waals surface area contributed by atoms with Gasteiger partial charge < -0.3 is 14.4 Å². The van der Waals surface area contributed by atoms with Crippen molar-refractivity contribution in [2.75, 3.05) is 18.1 Å². The Bertz CT molecular complexity index is 1180.